The lowest BCUT2D eigenvalue weighted by atomic mass is 9.86. The zero-order valence-electron chi connectivity index (χ0n) is 12.3. The summed E-state index contributed by atoms with van der Waals surface area (Å²) in [5.74, 6) is 1.76. The predicted molar refractivity (Wildman–Crippen MR) is 82.8 cm³/mol. The van der Waals surface area contributed by atoms with Crippen LogP contribution in [0.15, 0.2) is 30.5 Å². The van der Waals surface area contributed by atoms with Gasteiger partial charge in [0.05, 0.1) is 11.9 Å². The van der Waals surface area contributed by atoms with E-state index in [2.05, 4.69) is 53.5 Å². The first-order chi connectivity index (χ1) is 9.76. The van der Waals surface area contributed by atoms with Crippen molar-refractivity contribution < 1.29 is 0 Å². The molecule has 1 heterocycles. The molecule has 0 amide bonds. The first kappa shape index (κ1) is 13.4. The Morgan fingerprint density at radius 3 is 2.45 bits per heavy atom. The van der Waals surface area contributed by atoms with E-state index in [0.717, 1.165) is 11.5 Å². The lowest BCUT2D eigenvalue weighted by Gasteiger charge is -2.26. The van der Waals surface area contributed by atoms with E-state index in [1.165, 1.54) is 36.8 Å². The van der Waals surface area contributed by atoms with Crippen molar-refractivity contribution >= 4 is 0 Å². The molecular weight excluding hydrogens is 246 g/mol. The molecule has 2 aromatic rings. The van der Waals surface area contributed by atoms with E-state index in [-0.39, 0.29) is 0 Å². The highest BCUT2D eigenvalue weighted by Crippen LogP contribution is 2.32. The second-order valence-corrected chi connectivity index (χ2v) is 5.89. The van der Waals surface area contributed by atoms with Gasteiger partial charge in [-0.15, -0.1) is 0 Å². The third-order valence-corrected chi connectivity index (χ3v) is 4.48. The number of benzene rings is 1. The highest BCUT2D eigenvalue weighted by molar-refractivity contribution is 5.58. The summed E-state index contributed by atoms with van der Waals surface area (Å²) in [5, 5.41) is 3.38. The van der Waals surface area contributed by atoms with Crippen molar-refractivity contribution in [1.29, 1.82) is 0 Å². The third kappa shape index (κ3) is 2.78. The second kappa shape index (κ2) is 5.80. The van der Waals surface area contributed by atoms with Crippen molar-refractivity contribution in [1.82, 2.24) is 15.3 Å². The van der Waals surface area contributed by atoms with Gasteiger partial charge >= 0.3 is 0 Å². The number of H-pyrrole nitrogens is 1. The molecule has 0 aliphatic heterocycles. The van der Waals surface area contributed by atoms with Crippen molar-refractivity contribution in [3.63, 3.8) is 0 Å². The lowest BCUT2D eigenvalue weighted by molar-refractivity contribution is 0.352. The highest BCUT2D eigenvalue weighted by Gasteiger charge is 2.23. The Balaban J connectivity index is 1.72. The molecule has 106 valence electrons. The zero-order valence-corrected chi connectivity index (χ0v) is 12.3. The molecule has 2 N–H and O–H groups in total. The maximum absolute atomic E-state index is 4.61. The van der Waals surface area contributed by atoms with E-state index in [0.29, 0.717) is 12.0 Å². The molecule has 1 aliphatic rings. The molecule has 0 unspecified atom stereocenters. The number of nitrogens with zero attached hydrogens (tertiary/aromatic N) is 1. The van der Waals surface area contributed by atoms with Crippen LogP contribution in [0.25, 0.3) is 11.3 Å². The summed E-state index contributed by atoms with van der Waals surface area (Å²) in [6, 6.07) is 9.30. The molecular formula is C17H23N3. The Hall–Kier alpha value is -1.61. The molecule has 1 aromatic carbocycles. The summed E-state index contributed by atoms with van der Waals surface area (Å²) in [5.41, 5.74) is 3.65. The number of imidazole rings is 1. The van der Waals surface area contributed by atoms with E-state index in [1.807, 2.05) is 6.20 Å². The van der Waals surface area contributed by atoms with Crippen LogP contribution in [0.1, 0.15) is 43.0 Å². The standard InChI is InChI=1S/C17H23N3/c1-12-3-5-13(6-4-12)16-11-19-17(20-16)14-7-9-15(18-2)10-8-14/h3-6,11,14-15,18H,7-10H2,1-2H3,(H,19,20). The summed E-state index contributed by atoms with van der Waals surface area (Å²) in [6.45, 7) is 2.11. The van der Waals surface area contributed by atoms with E-state index in [9.17, 15) is 0 Å². The number of hydrogen-bond donors (Lipinski definition) is 2. The molecule has 3 rings (SSSR count). The SMILES string of the molecule is CNC1CCC(c2ncc(-c3ccc(C)cc3)[nH]2)CC1. The molecule has 1 saturated carbocycles. The number of rotatable bonds is 3. The number of aromatic nitrogens is 2. The average molecular weight is 269 g/mol. The zero-order chi connectivity index (χ0) is 13.9. The summed E-state index contributed by atoms with van der Waals surface area (Å²) in [6.07, 6.45) is 6.94. The number of hydrogen-bond acceptors (Lipinski definition) is 2. The van der Waals surface area contributed by atoms with Gasteiger partial charge in [0.1, 0.15) is 5.82 Å². The van der Waals surface area contributed by atoms with E-state index < -0.39 is 0 Å². The topological polar surface area (TPSA) is 40.7 Å². The molecule has 3 heteroatoms. The normalized spacial score (nSPS) is 22.9. The largest absolute Gasteiger partial charge is 0.342 e. The van der Waals surface area contributed by atoms with Gasteiger partial charge in [0.15, 0.2) is 0 Å². The smallest absolute Gasteiger partial charge is 0.109 e. The van der Waals surface area contributed by atoms with Crippen molar-refractivity contribution in [2.45, 2.75) is 44.6 Å². The Kier molecular flexibility index (Phi) is 3.88. The van der Waals surface area contributed by atoms with Gasteiger partial charge in [0.2, 0.25) is 0 Å². The van der Waals surface area contributed by atoms with Crippen LogP contribution in [0, 0.1) is 6.92 Å². The maximum Gasteiger partial charge on any atom is 0.109 e. The Bertz CT molecular complexity index is 548. The van der Waals surface area contributed by atoms with Crippen molar-refractivity contribution in [2.24, 2.45) is 0 Å². The highest BCUT2D eigenvalue weighted by atomic mass is 14.9. The summed E-state index contributed by atoms with van der Waals surface area (Å²) in [7, 11) is 2.06. The average Bonchev–Trinajstić information content (AvgIpc) is 2.98. The number of nitrogens with one attached hydrogen (secondary N) is 2. The van der Waals surface area contributed by atoms with Gasteiger partial charge in [0, 0.05) is 12.0 Å². The van der Waals surface area contributed by atoms with E-state index >= 15 is 0 Å². The van der Waals surface area contributed by atoms with Crippen LogP contribution in [0.2, 0.25) is 0 Å². The van der Waals surface area contributed by atoms with Gasteiger partial charge in [-0.25, -0.2) is 4.98 Å². The van der Waals surface area contributed by atoms with Gasteiger partial charge in [-0.3, -0.25) is 0 Å². The summed E-state index contributed by atoms with van der Waals surface area (Å²) in [4.78, 5) is 8.13. The van der Waals surface area contributed by atoms with E-state index in [1.54, 1.807) is 0 Å². The molecule has 20 heavy (non-hydrogen) atoms. The Labute approximate surface area is 120 Å². The van der Waals surface area contributed by atoms with Crippen LogP contribution in [-0.2, 0) is 0 Å². The van der Waals surface area contributed by atoms with Gasteiger partial charge in [-0.2, -0.15) is 0 Å². The number of aryl methyl sites for hydroxylation is 1. The first-order valence-electron chi connectivity index (χ1n) is 7.55. The predicted octanol–water partition coefficient (Wildman–Crippen LogP) is 3.63. The maximum atomic E-state index is 4.61. The van der Waals surface area contributed by atoms with Gasteiger partial charge in [-0.05, 0) is 45.2 Å². The fraction of sp³-hybridized carbons (Fsp3) is 0.471. The number of aromatic amines is 1. The van der Waals surface area contributed by atoms with Crippen molar-refractivity contribution in [3.8, 4) is 11.3 Å². The van der Waals surface area contributed by atoms with Crippen molar-refractivity contribution in [3.05, 3.63) is 41.9 Å². The van der Waals surface area contributed by atoms with Crippen LogP contribution in [0.3, 0.4) is 0 Å². The van der Waals surface area contributed by atoms with Gasteiger partial charge in [-0.1, -0.05) is 29.8 Å². The Morgan fingerprint density at radius 1 is 1.10 bits per heavy atom. The minimum absolute atomic E-state index is 0.596. The quantitative estimate of drug-likeness (QED) is 0.893. The Morgan fingerprint density at radius 2 is 1.80 bits per heavy atom. The minimum Gasteiger partial charge on any atom is -0.342 e. The monoisotopic (exact) mass is 269 g/mol. The van der Waals surface area contributed by atoms with Crippen LogP contribution in [0.4, 0.5) is 0 Å². The molecule has 0 saturated heterocycles. The van der Waals surface area contributed by atoms with Crippen LogP contribution in [0.5, 0.6) is 0 Å². The second-order valence-electron chi connectivity index (χ2n) is 5.89. The van der Waals surface area contributed by atoms with Crippen molar-refractivity contribution in [2.75, 3.05) is 7.05 Å². The minimum atomic E-state index is 0.596. The first-order valence-corrected chi connectivity index (χ1v) is 7.55. The third-order valence-electron chi connectivity index (χ3n) is 4.48. The van der Waals surface area contributed by atoms with E-state index in [4.69, 9.17) is 0 Å². The summed E-state index contributed by atoms with van der Waals surface area (Å²) < 4.78 is 0. The van der Waals surface area contributed by atoms with Crippen LogP contribution >= 0.6 is 0 Å². The summed E-state index contributed by atoms with van der Waals surface area (Å²) >= 11 is 0. The lowest BCUT2D eigenvalue weighted by Crippen LogP contribution is -2.29. The molecule has 0 spiro atoms. The molecule has 1 aliphatic carbocycles. The van der Waals surface area contributed by atoms with Gasteiger partial charge < -0.3 is 10.3 Å². The molecule has 0 atom stereocenters. The van der Waals surface area contributed by atoms with Crippen LogP contribution < -0.4 is 5.32 Å². The molecule has 3 nitrogen and oxygen atoms in total. The molecule has 0 radical (unpaired) electrons. The fourth-order valence-corrected chi connectivity index (χ4v) is 3.08. The van der Waals surface area contributed by atoms with Crippen LogP contribution in [-0.4, -0.2) is 23.1 Å². The molecule has 0 bridgehead atoms. The fourth-order valence-electron chi connectivity index (χ4n) is 3.08. The molecule has 1 aromatic heterocycles. The van der Waals surface area contributed by atoms with Gasteiger partial charge in [0.25, 0.3) is 0 Å². The molecule has 1 fully saturated rings.